The molecule has 0 aromatic carbocycles. The zero-order chi connectivity index (χ0) is 15.5. The van der Waals surface area contributed by atoms with E-state index in [1.807, 2.05) is 0 Å². The van der Waals surface area contributed by atoms with E-state index in [9.17, 15) is 8.78 Å². The molecule has 0 bridgehead atoms. The Balaban J connectivity index is 4.48. The summed E-state index contributed by atoms with van der Waals surface area (Å²) < 4.78 is 33.5. The molecule has 0 amide bonds. The van der Waals surface area contributed by atoms with Gasteiger partial charge in [0.05, 0.1) is 0 Å². The largest absolute Gasteiger partial charge is 0.378 e. The van der Waals surface area contributed by atoms with Gasteiger partial charge < -0.3 is 4.74 Å². The number of ether oxygens (including phenoxy) is 1. The molecule has 0 spiro atoms. The van der Waals surface area contributed by atoms with Crippen molar-refractivity contribution < 1.29 is 13.5 Å². The number of rotatable bonds is 13. The van der Waals surface area contributed by atoms with Crippen LogP contribution in [-0.4, -0.2) is 19.6 Å². The molecule has 0 saturated heterocycles. The molecular formula is C17H34F2O. The Labute approximate surface area is 124 Å². The van der Waals surface area contributed by atoms with E-state index in [4.69, 9.17) is 4.74 Å². The van der Waals surface area contributed by atoms with Crippen molar-refractivity contribution >= 4 is 0 Å². The molecule has 0 aliphatic heterocycles. The second-order valence-corrected chi connectivity index (χ2v) is 6.32. The number of unbranched alkanes of at least 4 members (excludes halogenated alkanes) is 6. The van der Waals surface area contributed by atoms with Gasteiger partial charge in [-0.2, -0.15) is 0 Å². The van der Waals surface area contributed by atoms with Gasteiger partial charge in [-0.25, -0.2) is 8.78 Å². The second kappa shape index (κ2) is 10.5. The summed E-state index contributed by atoms with van der Waals surface area (Å²) in [5, 5.41) is 0. The van der Waals surface area contributed by atoms with Crippen LogP contribution in [0.5, 0.6) is 0 Å². The maximum atomic E-state index is 14.4. The maximum Gasteiger partial charge on any atom is 0.276 e. The predicted molar refractivity (Wildman–Crippen MR) is 82.4 cm³/mol. The van der Waals surface area contributed by atoms with Crippen LogP contribution in [0.25, 0.3) is 0 Å². The molecule has 122 valence electrons. The van der Waals surface area contributed by atoms with E-state index in [-0.39, 0.29) is 0 Å². The number of hydrogen-bond donors (Lipinski definition) is 0. The van der Waals surface area contributed by atoms with Crippen molar-refractivity contribution in [3.63, 3.8) is 0 Å². The Morgan fingerprint density at radius 2 is 1.25 bits per heavy atom. The van der Waals surface area contributed by atoms with Gasteiger partial charge in [-0.15, -0.1) is 0 Å². The van der Waals surface area contributed by atoms with Gasteiger partial charge in [0.15, 0.2) is 0 Å². The summed E-state index contributed by atoms with van der Waals surface area (Å²) in [7, 11) is 1.36. The average molecular weight is 292 g/mol. The molecule has 1 nitrogen and oxygen atoms in total. The molecule has 0 radical (unpaired) electrons. The number of methoxy groups -OCH3 is 1. The average Bonchev–Trinajstić information content (AvgIpc) is 2.39. The highest BCUT2D eigenvalue weighted by Gasteiger charge is 2.48. The number of hydrogen-bond acceptors (Lipinski definition) is 1. The van der Waals surface area contributed by atoms with E-state index in [1.54, 1.807) is 6.92 Å². The Morgan fingerprint density at radius 1 is 0.800 bits per heavy atom. The van der Waals surface area contributed by atoms with Gasteiger partial charge in [0.2, 0.25) is 0 Å². The first-order chi connectivity index (χ1) is 9.43. The first-order valence-electron chi connectivity index (χ1n) is 8.30. The summed E-state index contributed by atoms with van der Waals surface area (Å²) in [6.45, 7) is 5.59. The van der Waals surface area contributed by atoms with Gasteiger partial charge in [0.1, 0.15) is 6.61 Å². The fourth-order valence-electron chi connectivity index (χ4n) is 2.73. The molecule has 0 atom stereocenters. The smallest absolute Gasteiger partial charge is 0.276 e. The fraction of sp³-hybridized carbons (Fsp3) is 1.00. The van der Waals surface area contributed by atoms with Crippen LogP contribution in [-0.2, 0) is 4.74 Å². The Kier molecular flexibility index (Phi) is 10.4. The van der Waals surface area contributed by atoms with Gasteiger partial charge >= 0.3 is 0 Å². The van der Waals surface area contributed by atoms with Crippen molar-refractivity contribution in [2.75, 3.05) is 13.7 Å². The van der Waals surface area contributed by atoms with Crippen LogP contribution >= 0.6 is 0 Å². The summed E-state index contributed by atoms with van der Waals surface area (Å²) in [5.74, 6) is -2.72. The highest BCUT2D eigenvalue weighted by Crippen LogP contribution is 2.45. The van der Waals surface area contributed by atoms with Crippen molar-refractivity contribution in [2.45, 2.75) is 90.9 Å². The minimum Gasteiger partial charge on any atom is -0.378 e. The molecule has 0 rings (SSSR count). The highest BCUT2D eigenvalue weighted by atomic mass is 19.3. The standard InChI is InChI=1S/C17H34F2O/c1-5-7-9-11-13-16(3,14-12-10-8-6-2)17(18,19)15-20-4/h5-15H2,1-4H3. The lowest BCUT2D eigenvalue weighted by atomic mass is 9.74. The van der Waals surface area contributed by atoms with Crippen molar-refractivity contribution in [1.29, 1.82) is 0 Å². The van der Waals surface area contributed by atoms with Crippen molar-refractivity contribution in [3.05, 3.63) is 0 Å². The van der Waals surface area contributed by atoms with Crippen molar-refractivity contribution in [1.82, 2.24) is 0 Å². The molecule has 3 heteroatoms. The van der Waals surface area contributed by atoms with E-state index in [0.29, 0.717) is 12.8 Å². The molecule has 0 aliphatic rings. The quantitative estimate of drug-likeness (QED) is 0.366. The van der Waals surface area contributed by atoms with E-state index >= 15 is 0 Å². The normalized spacial score (nSPS) is 12.9. The van der Waals surface area contributed by atoms with Gasteiger partial charge in [0.25, 0.3) is 5.92 Å². The summed E-state index contributed by atoms with van der Waals surface area (Å²) >= 11 is 0. The molecule has 0 aliphatic carbocycles. The second-order valence-electron chi connectivity index (χ2n) is 6.32. The van der Waals surface area contributed by atoms with Gasteiger partial charge in [-0.1, -0.05) is 72.1 Å². The van der Waals surface area contributed by atoms with Gasteiger partial charge in [-0.3, -0.25) is 0 Å². The number of halogens is 2. The lowest BCUT2D eigenvalue weighted by Crippen LogP contribution is -2.42. The summed E-state index contributed by atoms with van der Waals surface area (Å²) in [6.07, 6.45) is 9.70. The Bertz CT molecular complexity index is 217. The molecule has 0 unspecified atom stereocenters. The van der Waals surface area contributed by atoms with Gasteiger partial charge in [0, 0.05) is 12.5 Å². The minimum absolute atomic E-state index is 0.453. The predicted octanol–water partition coefficient (Wildman–Crippen LogP) is 6.22. The third-order valence-corrected chi connectivity index (χ3v) is 4.37. The first-order valence-corrected chi connectivity index (χ1v) is 8.30. The third-order valence-electron chi connectivity index (χ3n) is 4.37. The van der Waals surface area contributed by atoms with Crippen LogP contribution in [0, 0.1) is 5.41 Å². The summed E-state index contributed by atoms with van der Waals surface area (Å²) in [5.41, 5.74) is -0.912. The number of alkyl halides is 2. The van der Waals surface area contributed by atoms with E-state index < -0.39 is 17.9 Å². The van der Waals surface area contributed by atoms with Crippen LogP contribution in [0.4, 0.5) is 8.78 Å². The Morgan fingerprint density at radius 3 is 1.60 bits per heavy atom. The SMILES string of the molecule is CCCCCCC(C)(CCCCCC)C(F)(F)COC. The third kappa shape index (κ3) is 7.01. The zero-order valence-electron chi connectivity index (χ0n) is 13.9. The maximum absolute atomic E-state index is 14.4. The first kappa shape index (κ1) is 19.8. The minimum atomic E-state index is -2.72. The molecule has 0 aromatic heterocycles. The lowest BCUT2D eigenvalue weighted by Gasteiger charge is -2.37. The van der Waals surface area contributed by atoms with Crippen molar-refractivity contribution in [3.8, 4) is 0 Å². The molecule has 0 fully saturated rings. The van der Waals surface area contributed by atoms with E-state index in [1.165, 1.54) is 7.11 Å². The molecule has 0 N–H and O–H groups in total. The molecule has 0 heterocycles. The van der Waals surface area contributed by atoms with Crippen LogP contribution in [0.15, 0.2) is 0 Å². The molecular weight excluding hydrogens is 258 g/mol. The molecule has 0 saturated carbocycles. The summed E-state index contributed by atoms with van der Waals surface area (Å²) in [4.78, 5) is 0. The lowest BCUT2D eigenvalue weighted by molar-refractivity contribution is -0.159. The van der Waals surface area contributed by atoms with Crippen LogP contribution in [0.2, 0.25) is 0 Å². The Hall–Kier alpha value is -0.180. The van der Waals surface area contributed by atoms with E-state index in [2.05, 4.69) is 13.8 Å². The van der Waals surface area contributed by atoms with E-state index in [0.717, 1.165) is 51.4 Å². The van der Waals surface area contributed by atoms with Crippen molar-refractivity contribution in [2.24, 2.45) is 5.41 Å². The van der Waals surface area contributed by atoms with Gasteiger partial charge in [-0.05, 0) is 12.8 Å². The van der Waals surface area contributed by atoms with Crippen LogP contribution in [0.3, 0.4) is 0 Å². The summed E-state index contributed by atoms with van der Waals surface area (Å²) in [6, 6.07) is 0. The highest BCUT2D eigenvalue weighted by molar-refractivity contribution is 4.89. The van der Waals surface area contributed by atoms with Crippen LogP contribution < -0.4 is 0 Å². The molecule has 20 heavy (non-hydrogen) atoms. The molecule has 0 aromatic rings. The van der Waals surface area contributed by atoms with Crippen LogP contribution in [0.1, 0.15) is 85.0 Å². The fourth-order valence-corrected chi connectivity index (χ4v) is 2.73. The topological polar surface area (TPSA) is 9.23 Å². The monoisotopic (exact) mass is 292 g/mol. The zero-order valence-corrected chi connectivity index (χ0v) is 13.9.